The number of unbranched alkanes of at least 4 members (excludes halogenated alkanes) is 9. The second kappa shape index (κ2) is 26.7. The van der Waals surface area contributed by atoms with Gasteiger partial charge in [0.2, 0.25) is 0 Å². The number of allylic oxidation sites excluding steroid dienone is 12. The predicted octanol–water partition coefficient (Wildman–Crippen LogP) is 12.1. The summed E-state index contributed by atoms with van der Waals surface area (Å²) < 4.78 is 16.9. The molecule has 0 radical (unpaired) electrons. The topological polar surface area (TPSA) is 44.8 Å². The van der Waals surface area contributed by atoms with E-state index in [0.29, 0.717) is 5.75 Å². The summed E-state index contributed by atoms with van der Waals surface area (Å²) >= 11 is 0. The molecule has 0 heterocycles. The van der Waals surface area contributed by atoms with E-state index in [0.717, 1.165) is 53.9 Å². The Kier molecular flexibility index (Phi) is 22.2. The van der Waals surface area contributed by atoms with Gasteiger partial charge in [-0.25, -0.2) is 4.79 Å². The fourth-order valence-corrected chi connectivity index (χ4v) is 5.15. The van der Waals surface area contributed by atoms with E-state index in [1.165, 1.54) is 63.9 Å². The number of methoxy groups -OCH3 is 2. The Morgan fingerprint density at radius 3 is 1.65 bits per heavy atom. The van der Waals surface area contributed by atoms with Gasteiger partial charge >= 0.3 is 5.97 Å². The molecule has 0 aliphatic rings. The molecule has 2 rings (SSSR count). The first kappa shape index (κ1) is 39.9. The molecule has 258 valence electrons. The molecule has 0 spiro atoms. The van der Waals surface area contributed by atoms with Gasteiger partial charge in [-0.05, 0) is 61.1 Å². The summed E-state index contributed by atoms with van der Waals surface area (Å²) in [5.74, 6) is 1.92. The Morgan fingerprint density at radius 2 is 1.06 bits per heavy atom. The minimum Gasteiger partial charge on any atom is -0.497 e. The number of aryl methyl sites for hydroxylation is 1. The molecular formula is C44H58O4. The number of esters is 1. The minimum atomic E-state index is -0.384. The zero-order valence-electron chi connectivity index (χ0n) is 29.9. The molecule has 0 aliphatic carbocycles. The van der Waals surface area contributed by atoms with Gasteiger partial charge in [-0.15, -0.1) is 0 Å². The number of hydrogen-bond donors (Lipinski definition) is 0. The molecule has 0 fully saturated rings. The van der Waals surface area contributed by atoms with Crippen LogP contribution in [0.15, 0.2) is 115 Å². The van der Waals surface area contributed by atoms with E-state index in [1.807, 2.05) is 103 Å². The van der Waals surface area contributed by atoms with E-state index in [1.54, 1.807) is 20.3 Å². The van der Waals surface area contributed by atoms with Crippen LogP contribution in [0, 0.1) is 0 Å². The summed E-state index contributed by atoms with van der Waals surface area (Å²) in [7, 11) is 3.37. The Morgan fingerprint density at radius 1 is 0.562 bits per heavy atom. The lowest BCUT2D eigenvalue weighted by Gasteiger charge is -2.16. The van der Waals surface area contributed by atoms with Crippen molar-refractivity contribution in [3.05, 3.63) is 132 Å². The fraction of sp³-hybridized carbons (Fsp3) is 0.386. The lowest BCUT2D eigenvalue weighted by molar-refractivity contribution is -0.129. The van der Waals surface area contributed by atoms with Crippen LogP contribution in [0.4, 0.5) is 0 Å². The number of hydrogen-bond acceptors (Lipinski definition) is 4. The number of carbonyl (C=O) groups is 1. The van der Waals surface area contributed by atoms with Crippen LogP contribution in [0.25, 0.3) is 6.08 Å². The van der Waals surface area contributed by atoms with Crippen molar-refractivity contribution in [2.45, 2.75) is 97.3 Å². The van der Waals surface area contributed by atoms with Crippen molar-refractivity contribution in [1.29, 1.82) is 0 Å². The quantitative estimate of drug-likeness (QED) is 0.0373. The highest BCUT2D eigenvalue weighted by Crippen LogP contribution is 2.33. The molecule has 0 saturated heterocycles. The maximum absolute atomic E-state index is 12.8. The van der Waals surface area contributed by atoms with Crippen LogP contribution in [0.3, 0.4) is 0 Å². The van der Waals surface area contributed by atoms with Crippen LogP contribution in [0.5, 0.6) is 17.2 Å². The van der Waals surface area contributed by atoms with Gasteiger partial charge in [0.1, 0.15) is 17.2 Å². The molecular weight excluding hydrogens is 592 g/mol. The lowest BCUT2D eigenvalue weighted by atomic mass is 9.99. The highest BCUT2D eigenvalue weighted by Gasteiger charge is 2.15. The van der Waals surface area contributed by atoms with Crippen LogP contribution in [0.1, 0.15) is 101 Å². The molecule has 0 amide bonds. The first-order valence-corrected chi connectivity index (χ1v) is 17.8. The van der Waals surface area contributed by atoms with Crippen molar-refractivity contribution in [3.8, 4) is 17.2 Å². The van der Waals surface area contributed by atoms with Crippen LogP contribution >= 0.6 is 0 Å². The van der Waals surface area contributed by atoms with E-state index in [2.05, 4.69) is 19.9 Å². The summed E-state index contributed by atoms with van der Waals surface area (Å²) in [4.78, 5) is 12.8. The second-order valence-electron chi connectivity index (χ2n) is 11.8. The van der Waals surface area contributed by atoms with Crippen molar-refractivity contribution in [1.82, 2.24) is 0 Å². The smallest absolute Gasteiger partial charge is 0.336 e. The predicted molar refractivity (Wildman–Crippen MR) is 205 cm³/mol. The van der Waals surface area contributed by atoms with E-state index in [-0.39, 0.29) is 5.97 Å². The second-order valence-corrected chi connectivity index (χ2v) is 11.8. The molecule has 4 heteroatoms. The monoisotopic (exact) mass is 650 g/mol. The molecule has 0 saturated carbocycles. The van der Waals surface area contributed by atoms with Crippen LogP contribution in [-0.4, -0.2) is 20.2 Å². The molecule has 2 aromatic carbocycles. The van der Waals surface area contributed by atoms with Gasteiger partial charge in [0, 0.05) is 11.6 Å². The average molecular weight is 651 g/mol. The third kappa shape index (κ3) is 18.1. The Bertz CT molecular complexity index is 1370. The SMILES string of the molecule is CCCCCCCCCCc1c(OC)cc(CCCCC)cc1OC(=O)C=CC=CC=CC=CC=CC=CC=Cc1ccc(OC)cc1. The number of ether oxygens (including phenoxy) is 3. The Balaban J connectivity index is 1.86. The zero-order valence-corrected chi connectivity index (χ0v) is 29.9. The van der Waals surface area contributed by atoms with Crippen molar-refractivity contribution in [2.75, 3.05) is 14.2 Å². The van der Waals surface area contributed by atoms with Gasteiger partial charge in [-0.2, -0.15) is 0 Å². The third-order valence-electron chi connectivity index (χ3n) is 7.87. The summed E-state index contributed by atoms with van der Waals surface area (Å²) in [5, 5.41) is 0. The Labute approximate surface area is 291 Å². The molecule has 0 bridgehead atoms. The van der Waals surface area contributed by atoms with Crippen LogP contribution in [-0.2, 0) is 17.6 Å². The molecule has 2 aromatic rings. The van der Waals surface area contributed by atoms with Crippen molar-refractivity contribution in [3.63, 3.8) is 0 Å². The van der Waals surface area contributed by atoms with Gasteiger partial charge in [-0.1, -0.05) is 163 Å². The van der Waals surface area contributed by atoms with E-state index in [4.69, 9.17) is 14.2 Å². The van der Waals surface area contributed by atoms with Crippen LogP contribution in [0.2, 0.25) is 0 Å². The van der Waals surface area contributed by atoms with E-state index >= 15 is 0 Å². The minimum absolute atomic E-state index is 0.384. The van der Waals surface area contributed by atoms with Crippen molar-refractivity contribution >= 4 is 12.0 Å². The molecule has 0 unspecified atom stereocenters. The normalized spacial score (nSPS) is 12.3. The molecule has 0 atom stereocenters. The van der Waals surface area contributed by atoms with Crippen molar-refractivity contribution in [2.24, 2.45) is 0 Å². The summed E-state index contributed by atoms with van der Waals surface area (Å²) in [6.45, 7) is 4.46. The van der Waals surface area contributed by atoms with Gasteiger partial charge in [0.15, 0.2) is 0 Å². The maximum Gasteiger partial charge on any atom is 0.336 e. The fourth-order valence-electron chi connectivity index (χ4n) is 5.15. The average Bonchev–Trinajstić information content (AvgIpc) is 3.10. The molecule has 4 nitrogen and oxygen atoms in total. The van der Waals surface area contributed by atoms with Gasteiger partial charge in [-0.3, -0.25) is 0 Å². The number of benzene rings is 2. The van der Waals surface area contributed by atoms with E-state index in [9.17, 15) is 4.79 Å². The van der Waals surface area contributed by atoms with Crippen molar-refractivity contribution < 1.29 is 19.0 Å². The first-order valence-electron chi connectivity index (χ1n) is 17.8. The highest BCUT2D eigenvalue weighted by molar-refractivity contribution is 5.84. The largest absolute Gasteiger partial charge is 0.497 e. The third-order valence-corrected chi connectivity index (χ3v) is 7.87. The molecule has 0 aromatic heterocycles. The Hall–Kier alpha value is -4.31. The number of rotatable bonds is 24. The highest BCUT2D eigenvalue weighted by atomic mass is 16.5. The van der Waals surface area contributed by atoms with Gasteiger partial charge < -0.3 is 14.2 Å². The molecule has 48 heavy (non-hydrogen) atoms. The molecule has 0 N–H and O–H groups in total. The van der Waals surface area contributed by atoms with Crippen LogP contribution < -0.4 is 14.2 Å². The number of carbonyl (C=O) groups excluding carboxylic acids is 1. The molecule has 0 aliphatic heterocycles. The standard InChI is InChI=1S/C44H58O4/c1-5-7-9-10-11-19-22-26-30-41-42(47-4)36-39(29-24-8-6-2)37-43(41)48-44(45)31-27-23-20-17-15-13-12-14-16-18-21-25-28-38-32-34-40(46-3)35-33-38/h12-18,20-21,23,25,27-28,31-37H,5-11,19,22,24,26,29-30H2,1-4H3. The summed E-state index contributed by atoms with van der Waals surface area (Å²) in [6.07, 6.45) is 41.9. The van der Waals surface area contributed by atoms with Gasteiger partial charge in [0.05, 0.1) is 14.2 Å². The first-order chi connectivity index (χ1) is 23.6. The lowest BCUT2D eigenvalue weighted by Crippen LogP contribution is -2.08. The summed E-state index contributed by atoms with van der Waals surface area (Å²) in [6, 6.07) is 12.1. The maximum atomic E-state index is 12.8. The summed E-state index contributed by atoms with van der Waals surface area (Å²) in [5.41, 5.74) is 3.26. The van der Waals surface area contributed by atoms with Gasteiger partial charge in [0.25, 0.3) is 0 Å². The zero-order chi connectivity index (χ0) is 34.5. The van der Waals surface area contributed by atoms with E-state index < -0.39 is 0 Å².